The van der Waals surface area contributed by atoms with Crippen LogP contribution in [0.1, 0.15) is 19.9 Å². The number of aromatic amines is 1. The van der Waals surface area contributed by atoms with E-state index in [0.717, 1.165) is 6.26 Å². The van der Waals surface area contributed by atoms with Crippen LogP contribution >= 0.6 is 0 Å². The van der Waals surface area contributed by atoms with Crippen LogP contribution in [0.3, 0.4) is 0 Å². The third-order valence-electron chi connectivity index (χ3n) is 2.45. The van der Waals surface area contributed by atoms with Gasteiger partial charge < -0.3 is 4.98 Å². The Labute approximate surface area is 98.2 Å². The van der Waals surface area contributed by atoms with Gasteiger partial charge in [-0.2, -0.15) is 5.10 Å². The van der Waals surface area contributed by atoms with E-state index < -0.39 is 15.4 Å². The molecule has 92 valence electrons. The maximum absolute atomic E-state index is 11.7. The van der Waals surface area contributed by atoms with E-state index in [1.54, 1.807) is 10.9 Å². The van der Waals surface area contributed by atoms with Crippen molar-refractivity contribution in [3.8, 4) is 0 Å². The highest BCUT2D eigenvalue weighted by atomic mass is 32.2. The van der Waals surface area contributed by atoms with Crippen molar-refractivity contribution in [3.05, 3.63) is 22.6 Å². The lowest BCUT2D eigenvalue weighted by atomic mass is 10.3. The highest BCUT2D eigenvalue weighted by Crippen LogP contribution is 2.16. The van der Waals surface area contributed by atoms with Gasteiger partial charge in [0.15, 0.2) is 9.84 Å². The van der Waals surface area contributed by atoms with E-state index in [4.69, 9.17) is 0 Å². The molecule has 2 aromatic heterocycles. The molecule has 0 fully saturated rings. The van der Waals surface area contributed by atoms with Crippen LogP contribution in [0.2, 0.25) is 0 Å². The number of aromatic nitrogens is 3. The summed E-state index contributed by atoms with van der Waals surface area (Å²) in [6, 6.07) is 1.45. The van der Waals surface area contributed by atoms with E-state index >= 15 is 0 Å². The minimum atomic E-state index is -3.52. The molecule has 0 saturated heterocycles. The average molecular weight is 255 g/mol. The Morgan fingerprint density at radius 2 is 2.06 bits per heavy atom. The predicted molar refractivity (Wildman–Crippen MR) is 63.8 cm³/mol. The van der Waals surface area contributed by atoms with Crippen molar-refractivity contribution in [1.29, 1.82) is 0 Å². The molecule has 2 aromatic rings. The molecule has 7 heteroatoms. The van der Waals surface area contributed by atoms with Crippen LogP contribution in [0.25, 0.3) is 11.0 Å². The molecule has 0 radical (unpaired) electrons. The van der Waals surface area contributed by atoms with Gasteiger partial charge >= 0.3 is 0 Å². The zero-order chi connectivity index (χ0) is 12.8. The van der Waals surface area contributed by atoms with E-state index in [1.165, 1.54) is 6.07 Å². The number of fused-ring (bicyclic) bond motifs is 1. The zero-order valence-corrected chi connectivity index (χ0v) is 10.6. The second kappa shape index (κ2) is 3.69. The Morgan fingerprint density at radius 1 is 1.41 bits per heavy atom. The van der Waals surface area contributed by atoms with Crippen molar-refractivity contribution in [2.24, 2.45) is 0 Å². The fourth-order valence-electron chi connectivity index (χ4n) is 1.65. The van der Waals surface area contributed by atoms with Gasteiger partial charge in [0.05, 0.1) is 6.20 Å². The highest BCUT2D eigenvalue weighted by molar-refractivity contribution is 7.90. The van der Waals surface area contributed by atoms with E-state index in [0.29, 0.717) is 11.0 Å². The third kappa shape index (κ3) is 1.97. The van der Waals surface area contributed by atoms with Crippen molar-refractivity contribution < 1.29 is 8.42 Å². The molecule has 6 nitrogen and oxygen atoms in total. The van der Waals surface area contributed by atoms with Gasteiger partial charge in [-0.05, 0) is 19.9 Å². The van der Waals surface area contributed by atoms with Crippen LogP contribution in [0.5, 0.6) is 0 Å². The second-order valence-corrected chi connectivity index (χ2v) is 6.21. The minimum absolute atomic E-state index is 0.0900. The largest absolute Gasteiger partial charge is 0.306 e. The molecule has 0 atom stereocenters. The average Bonchev–Trinajstić information content (AvgIpc) is 2.57. The maximum Gasteiger partial charge on any atom is 0.268 e. The van der Waals surface area contributed by atoms with Gasteiger partial charge in [-0.1, -0.05) is 0 Å². The summed E-state index contributed by atoms with van der Waals surface area (Å²) in [5.74, 6) is 0. The summed E-state index contributed by atoms with van der Waals surface area (Å²) in [7, 11) is -3.52. The summed E-state index contributed by atoms with van der Waals surface area (Å²) in [6.45, 7) is 3.85. The lowest BCUT2D eigenvalue weighted by molar-refractivity contribution is 0.546. The number of pyridine rings is 1. The van der Waals surface area contributed by atoms with E-state index in [9.17, 15) is 13.2 Å². The van der Waals surface area contributed by atoms with Crippen LogP contribution < -0.4 is 5.56 Å². The molecule has 0 spiro atoms. The highest BCUT2D eigenvalue weighted by Gasteiger charge is 2.16. The first-order valence-corrected chi connectivity index (χ1v) is 7.00. The number of rotatable bonds is 2. The lowest BCUT2D eigenvalue weighted by Crippen LogP contribution is -2.17. The summed E-state index contributed by atoms with van der Waals surface area (Å²) >= 11 is 0. The van der Waals surface area contributed by atoms with Crippen LogP contribution in [0.4, 0.5) is 0 Å². The fourth-order valence-corrected chi connectivity index (χ4v) is 2.38. The van der Waals surface area contributed by atoms with Crippen molar-refractivity contribution in [2.75, 3.05) is 6.26 Å². The first-order chi connectivity index (χ1) is 7.80. The summed E-state index contributed by atoms with van der Waals surface area (Å²) in [5, 5.41) is 4.72. The molecule has 0 amide bonds. The topological polar surface area (TPSA) is 84.8 Å². The van der Waals surface area contributed by atoms with E-state index in [-0.39, 0.29) is 10.9 Å². The SMILES string of the molecule is CC(C)n1ncc2cc(S(C)(=O)=O)c(=O)[nH]c21. The smallest absolute Gasteiger partial charge is 0.268 e. The Bertz CT molecular complexity index is 725. The number of hydrogen-bond acceptors (Lipinski definition) is 4. The normalized spacial score (nSPS) is 12.5. The number of H-pyrrole nitrogens is 1. The van der Waals surface area contributed by atoms with Gasteiger partial charge in [-0.25, -0.2) is 13.1 Å². The molecule has 1 N–H and O–H groups in total. The van der Waals surface area contributed by atoms with E-state index in [2.05, 4.69) is 10.1 Å². The molecule has 0 aliphatic carbocycles. The van der Waals surface area contributed by atoms with Gasteiger partial charge in [-0.15, -0.1) is 0 Å². The maximum atomic E-state index is 11.7. The summed E-state index contributed by atoms with van der Waals surface area (Å²) < 4.78 is 24.4. The molecule has 0 aromatic carbocycles. The Kier molecular flexibility index (Phi) is 2.57. The van der Waals surface area contributed by atoms with Crippen molar-refractivity contribution >= 4 is 20.9 Å². The Hall–Kier alpha value is -1.63. The molecule has 0 bridgehead atoms. The number of sulfone groups is 1. The van der Waals surface area contributed by atoms with Crippen LogP contribution in [0.15, 0.2) is 22.0 Å². The van der Waals surface area contributed by atoms with Gasteiger partial charge in [0, 0.05) is 17.7 Å². The first-order valence-electron chi connectivity index (χ1n) is 5.11. The third-order valence-corrected chi connectivity index (χ3v) is 3.56. The van der Waals surface area contributed by atoms with Crippen molar-refractivity contribution in [2.45, 2.75) is 24.8 Å². The standard InChI is InChI=1S/C10H13N3O3S/c1-6(2)13-9-7(5-11-13)4-8(10(14)12-9)17(3,15)16/h4-6H,1-3H3,(H,12,14). The summed E-state index contributed by atoms with van der Waals surface area (Å²) in [5.41, 5.74) is -0.0696. The van der Waals surface area contributed by atoms with Gasteiger partial charge in [0.2, 0.25) is 0 Å². The monoisotopic (exact) mass is 255 g/mol. The molecule has 2 rings (SSSR count). The van der Waals surface area contributed by atoms with Gasteiger partial charge in [0.1, 0.15) is 10.5 Å². The number of hydrogen-bond donors (Lipinski definition) is 1. The lowest BCUT2D eigenvalue weighted by Gasteiger charge is -2.06. The van der Waals surface area contributed by atoms with Crippen molar-refractivity contribution in [3.63, 3.8) is 0 Å². The molecule has 2 heterocycles. The summed E-state index contributed by atoms with van der Waals surface area (Å²) in [4.78, 5) is 14.0. The molecular weight excluding hydrogens is 242 g/mol. The zero-order valence-electron chi connectivity index (χ0n) is 9.76. The minimum Gasteiger partial charge on any atom is -0.306 e. The van der Waals surface area contributed by atoms with E-state index in [1.807, 2.05) is 13.8 Å². The number of nitrogens with zero attached hydrogens (tertiary/aromatic N) is 2. The van der Waals surface area contributed by atoms with Gasteiger partial charge in [-0.3, -0.25) is 4.79 Å². The number of nitrogens with one attached hydrogen (secondary N) is 1. The fraction of sp³-hybridized carbons (Fsp3) is 0.400. The quantitative estimate of drug-likeness (QED) is 0.856. The van der Waals surface area contributed by atoms with Crippen LogP contribution in [0, 0.1) is 0 Å². The molecular formula is C10H13N3O3S. The molecule has 17 heavy (non-hydrogen) atoms. The second-order valence-electron chi connectivity index (χ2n) is 4.22. The molecule has 0 unspecified atom stereocenters. The van der Waals surface area contributed by atoms with Crippen molar-refractivity contribution in [1.82, 2.24) is 14.8 Å². The Morgan fingerprint density at radius 3 is 2.59 bits per heavy atom. The predicted octanol–water partition coefficient (Wildman–Crippen LogP) is 0.709. The molecule has 0 saturated carbocycles. The summed E-state index contributed by atoms with van der Waals surface area (Å²) in [6.07, 6.45) is 2.55. The molecule has 0 aliphatic rings. The van der Waals surface area contributed by atoms with Crippen LogP contribution in [-0.4, -0.2) is 29.4 Å². The molecule has 0 aliphatic heterocycles. The first kappa shape index (κ1) is 11.8. The Balaban J connectivity index is 2.82. The van der Waals surface area contributed by atoms with Gasteiger partial charge in [0.25, 0.3) is 5.56 Å². The van der Waals surface area contributed by atoms with Crippen LogP contribution in [-0.2, 0) is 9.84 Å².